The quantitative estimate of drug-likeness (QED) is 0.0586. The van der Waals surface area contributed by atoms with Crippen LogP contribution in [0.15, 0.2) is 72.8 Å². The van der Waals surface area contributed by atoms with Gasteiger partial charge in [0.05, 0.1) is 60.4 Å². The van der Waals surface area contributed by atoms with Crippen LogP contribution in [-0.4, -0.2) is 72.7 Å². The van der Waals surface area contributed by atoms with E-state index in [-0.39, 0.29) is 38.5 Å². The average Bonchev–Trinajstić information content (AvgIpc) is 3.19. The number of halogens is 4. The first-order valence-corrected chi connectivity index (χ1v) is 20.2. The molecule has 60 heavy (non-hydrogen) atoms. The SMILES string of the molecule is COc1ccc(C[C@@H](CCC(=O)O)[C@@H](Cc2ccc(OC)c(Cl)c2)C(=O)O)cc1Cl.COc1ccc(C[C@H](CCC(=O)O)[C@H](Cc2ccc(OC)c(Cl)c2)C(=O)O)cc1Cl. The standard InChI is InChI=1S/2C22H24Cl2O6/c2*1-29-19-6-3-13(11-17(19)23)9-15(5-8-21(25)26)16(22(27)28)10-14-4-7-20(30-2)18(24)12-14/h2*3-4,6-7,11-12,15-16H,5,8-10H2,1-2H3,(H,25,26)(H,27,28)/t2*15-,16-/m10/s1. The van der Waals surface area contributed by atoms with E-state index in [9.17, 15) is 29.4 Å². The molecule has 0 saturated heterocycles. The van der Waals surface area contributed by atoms with Gasteiger partial charge in [-0.25, -0.2) is 0 Å². The Labute approximate surface area is 368 Å². The molecule has 0 amide bonds. The van der Waals surface area contributed by atoms with Crippen LogP contribution in [0.5, 0.6) is 23.0 Å². The molecule has 0 radical (unpaired) electrons. The van der Waals surface area contributed by atoms with E-state index in [1.165, 1.54) is 28.4 Å². The molecular formula is C44H48Cl4O12. The highest BCUT2D eigenvalue weighted by molar-refractivity contribution is 6.33. The largest absolute Gasteiger partial charge is 0.495 e. The maximum Gasteiger partial charge on any atom is 0.307 e. The minimum atomic E-state index is -0.989. The molecule has 0 heterocycles. The summed E-state index contributed by atoms with van der Waals surface area (Å²) in [4.78, 5) is 46.5. The Kier molecular flexibility index (Phi) is 20.1. The Balaban J connectivity index is 0.000000320. The van der Waals surface area contributed by atoms with Crippen LogP contribution in [0, 0.1) is 23.7 Å². The van der Waals surface area contributed by atoms with Gasteiger partial charge in [0.2, 0.25) is 0 Å². The Morgan fingerprint density at radius 1 is 0.450 bits per heavy atom. The maximum atomic E-state index is 12.1. The molecule has 0 aliphatic heterocycles. The summed E-state index contributed by atoms with van der Waals surface area (Å²) in [6, 6.07) is 20.7. The number of hydrogen-bond donors (Lipinski definition) is 4. The topological polar surface area (TPSA) is 186 Å². The molecule has 4 atom stereocenters. The lowest BCUT2D eigenvalue weighted by atomic mass is 9.80. The first-order valence-electron chi connectivity index (χ1n) is 18.7. The van der Waals surface area contributed by atoms with E-state index in [2.05, 4.69) is 0 Å². The number of rotatable bonds is 22. The van der Waals surface area contributed by atoms with Crippen molar-refractivity contribution in [3.8, 4) is 23.0 Å². The lowest BCUT2D eigenvalue weighted by Gasteiger charge is -2.24. The molecule has 0 aromatic heterocycles. The van der Waals surface area contributed by atoms with Gasteiger partial charge in [0.15, 0.2) is 0 Å². The highest BCUT2D eigenvalue weighted by Gasteiger charge is 2.31. The first-order chi connectivity index (χ1) is 28.5. The van der Waals surface area contributed by atoms with E-state index in [4.69, 9.17) is 75.6 Å². The fourth-order valence-corrected chi connectivity index (χ4v) is 8.00. The van der Waals surface area contributed by atoms with Gasteiger partial charge in [-0.2, -0.15) is 0 Å². The van der Waals surface area contributed by atoms with E-state index >= 15 is 0 Å². The van der Waals surface area contributed by atoms with E-state index < -0.39 is 47.5 Å². The van der Waals surface area contributed by atoms with Crippen LogP contribution >= 0.6 is 46.4 Å². The van der Waals surface area contributed by atoms with Crippen LogP contribution in [-0.2, 0) is 44.9 Å². The third-order valence-electron chi connectivity index (χ3n) is 10.0. The lowest BCUT2D eigenvalue weighted by Crippen LogP contribution is -2.28. The number of methoxy groups -OCH3 is 4. The van der Waals surface area contributed by atoms with Crippen molar-refractivity contribution in [1.29, 1.82) is 0 Å². The molecule has 0 bridgehead atoms. The molecule has 0 spiro atoms. The van der Waals surface area contributed by atoms with Gasteiger partial charge in [0.1, 0.15) is 23.0 Å². The van der Waals surface area contributed by atoms with Crippen molar-refractivity contribution in [3.05, 3.63) is 115 Å². The molecule has 4 rings (SSSR count). The molecular weight excluding hydrogens is 862 g/mol. The fraction of sp³-hybridized carbons (Fsp3) is 0.364. The van der Waals surface area contributed by atoms with E-state index in [0.717, 1.165) is 22.3 Å². The third kappa shape index (κ3) is 15.3. The number of carboxylic acid groups (broad SMARTS) is 4. The van der Waals surface area contributed by atoms with Crippen molar-refractivity contribution in [2.75, 3.05) is 28.4 Å². The average molecular weight is 911 g/mol. The summed E-state index contributed by atoms with van der Waals surface area (Å²) in [6.07, 6.45) is 1.37. The zero-order valence-electron chi connectivity index (χ0n) is 33.5. The summed E-state index contributed by atoms with van der Waals surface area (Å²) in [7, 11) is 6.03. The normalized spacial score (nSPS) is 12.8. The lowest BCUT2D eigenvalue weighted by molar-refractivity contribution is -0.145. The maximum absolute atomic E-state index is 12.1. The molecule has 0 fully saturated rings. The third-order valence-corrected chi connectivity index (χ3v) is 11.2. The molecule has 4 aromatic carbocycles. The molecule has 0 unspecified atom stereocenters. The predicted octanol–water partition coefficient (Wildman–Crippen LogP) is 9.96. The van der Waals surface area contributed by atoms with Gasteiger partial charge >= 0.3 is 23.9 Å². The minimum absolute atomic E-state index is 0.123. The molecule has 324 valence electrons. The Bertz CT molecular complexity index is 1950. The second-order valence-corrected chi connectivity index (χ2v) is 15.6. The van der Waals surface area contributed by atoms with Crippen LogP contribution in [0.2, 0.25) is 20.1 Å². The number of carbonyl (C=O) groups is 4. The van der Waals surface area contributed by atoms with Crippen LogP contribution in [0.1, 0.15) is 47.9 Å². The minimum Gasteiger partial charge on any atom is -0.495 e. The van der Waals surface area contributed by atoms with Crippen molar-refractivity contribution >= 4 is 70.3 Å². The van der Waals surface area contributed by atoms with Crippen molar-refractivity contribution in [2.45, 2.75) is 51.4 Å². The summed E-state index contributed by atoms with van der Waals surface area (Å²) in [6.45, 7) is 0. The molecule has 4 N–H and O–H groups in total. The second kappa shape index (κ2) is 24.4. The molecule has 0 saturated carbocycles. The number of carboxylic acids is 4. The molecule has 4 aromatic rings. The Morgan fingerprint density at radius 3 is 0.900 bits per heavy atom. The Morgan fingerprint density at radius 2 is 0.700 bits per heavy atom. The Hall–Kier alpha value is -4.88. The molecule has 0 aliphatic rings. The summed E-state index contributed by atoms with van der Waals surface area (Å²) in [5.41, 5.74) is 3.10. The molecule has 12 nitrogen and oxygen atoms in total. The highest BCUT2D eigenvalue weighted by Crippen LogP contribution is 2.34. The van der Waals surface area contributed by atoms with Crippen LogP contribution in [0.25, 0.3) is 0 Å². The number of hydrogen-bond acceptors (Lipinski definition) is 8. The summed E-state index contributed by atoms with van der Waals surface area (Å²) >= 11 is 24.7. The molecule has 16 heteroatoms. The number of aliphatic carboxylic acids is 4. The number of benzene rings is 4. The van der Waals surface area contributed by atoms with Gasteiger partial charge in [0.25, 0.3) is 0 Å². The van der Waals surface area contributed by atoms with E-state index in [1.54, 1.807) is 60.7 Å². The smallest absolute Gasteiger partial charge is 0.307 e. The fourth-order valence-electron chi connectivity index (χ4n) is 6.88. The van der Waals surface area contributed by atoms with Crippen molar-refractivity contribution < 1.29 is 58.6 Å². The van der Waals surface area contributed by atoms with Crippen molar-refractivity contribution in [1.82, 2.24) is 0 Å². The van der Waals surface area contributed by atoms with Gasteiger partial charge in [0, 0.05) is 12.8 Å². The van der Waals surface area contributed by atoms with E-state index in [0.29, 0.717) is 55.9 Å². The van der Waals surface area contributed by atoms with Crippen LogP contribution in [0.4, 0.5) is 0 Å². The second-order valence-electron chi connectivity index (χ2n) is 14.0. The summed E-state index contributed by atoms with van der Waals surface area (Å²) in [5, 5.41) is 39.7. The van der Waals surface area contributed by atoms with Gasteiger partial charge in [-0.05, 0) is 121 Å². The summed E-state index contributed by atoms with van der Waals surface area (Å²) in [5.74, 6) is -4.29. The van der Waals surface area contributed by atoms with Gasteiger partial charge in [-0.3, -0.25) is 19.2 Å². The summed E-state index contributed by atoms with van der Waals surface area (Å²) < 4.78 is 20.6. The first kappa shape index (κ1) is 49.5. The molecule has 0 aliphatic carbocycles. The van der Waals surface area contributed by atoms with Gasteiger partial charge in [-0.1, -0.05) is 70.7 Å². The van der Waals surface area contributed by atoms with Crippen LogP contribution < -0.4 is 18.9 Å². The van der Waals surface area contributed by atoms with Crippen molar-refractivity contribution in [2.24, 2.45) is 23.7 Å². The van der Waals surface area contributed by atoms with Gasteiger partial charge < -0.3 is 39.4 Å². The van der Waals surface area contributed by atoms with E-state index in [1.807, 2.05) is 12.1 Å². The zero-order valence-corrected chi connectivity index (χ0v) is 36.5. The van der Waals surface area contributed by atoms with Gasteiger partial charge in [-0.15, -0.1) is 0 Å². The number of ether oxygens (including phenoxy) is 4. The van der Waals surface area contributed by atoms with Crippen molar-refractivity contribution in [3.63, 3.8) is 0 Å². The predicted molar refractivity (Wildman–Crippen MR) is 230 cm³/mol. The zero-order chi connectivity index (χ0) is 44.5. The van der Waals surface area contributed by atoms with Crippen LogP contribution in [0.3, 0.4) is 0 Å². The highest BCUT2D eigenvalue weighted by atomic mass is 35.5. The monoisotopic (exact) mass is 908 g/mol.